The van der Waals surface area contributed by atoms with Gasteiger partial charge in [0.05, 0.1) is 15.7 Å². The molecule has 0 aliphatic carbocycles. The van der Waals surface area contributed by atoms with Gasteiger partial charge in [0.1, 0.15) is 5.75 Å². The van der Waals surface area contributed by atoms with Crippen molar-refractivity contribution >= 4 is 34.8 Å². The molecule has 23 heavy (non-hydrogen) atoms. The van der Waals surface area contributed by atoms with Crippen molar-refractivity contribution in [2.45, 2.75) is 26.2 Å². The van der Waals surface area contributed by atoms with E-state index in [0.717, 1.165) is 17.7 Å². The zero-order valence-electron chi connectivity index (χ0n) is 13.1. The number of nitrogens with one attached hydrogen (secondary N) is 1. The van der Waals surface area contributed by atoms with Crippen molar-refractivity contribution in [3.8, 4) is 5.75 Å². The fourth-order valence-corrected chi connectivity index (χ4v) is 2.67. The van der Waals surface area contributed by atoms with Crippen LogP contribution in [0.5, 0.6) is 5.75 Å². The SMILES string of the molecule is CCC(C)c1ccccc1OCC(=O)Nc1c(Cl)cccc1Cl. The van der Waals surface area contributed by atoms with Gasteiger partial charge >= 0.3 is 0 Å². The molecule has 0 saturated heterocycles. The van der Waals surface area contributed by atoms with Crippen LogP contribution in [0.25, 0.3) is 0 Å². The Morgan fingerprint density at radius 2 is 1.78 bits per heavy atom. The van der Waals surface area contributed by atoms with E-state index in [9.17, 15) is 4.79 Å². The van der Waals surface area contributed by atoms with Crippen LogP contribution in [-0.2, 0) is 4.79 Å². The predicted octanol–water partition coefficient (Wildman–Crippen LogP) is 5.52. The number of ether oxygens (including phenoxy) is 1. The molecule has 0 saturated carbocycles. The lowest BCUT2D eigenvalue weighted by atomic mass is 9.98. The number of anilines is 1. The van der Waals surface area contributed by atoms with Crippen molar-refractivity contribution in [2.75, 3.05) is 11.9 Å². The Labute approximate surface area is 146 Å². The summed E-state index contributed by atoms with van der Waals surface area (Å²) < 4.78 is 5.68. The minimum atomic E-state index is -0.307. The second-order valence-electron chi connectivity index (χ2n) is 5.28. The highest BCUT2D eigenvalue weighted by atomic mass is 35.5. The fourth-order valence-electron chi connectivity index (χ4n) is 2.18. The highest BCUT2D eigenvalue weighted by molar-refractivity contribution is 6.39. The minimum absolute atomic E-state index is 0.102. The Morgan fingerprint density at radius 3 is 2.43 bits per heavy atom. The second kappa shape index (κ2) is 8.23. The minimum Gasteiger partial charge on any atom is -0.483 e. The van der Waals surface area contributed by atoms with Gasteiger partial charge in [-0.15, -0.1) is 0 Å². The van der Waals surface area contributed by atoms with E-state index >= 15 is 0 Å². The van der Waals surface area contributed by atoms with Crippen molar-refractivity contribution in [1.29, 1.82) is 0 Å². The van der Waals surface area contributed by atoms with Gasteiger partial charge in [-0.25, -0.2) is 0 Å². The largest absolute Gasteiger partial charge is 0.483 e. The lowest BCUT2D eigenvalue weighted by Crippen LogP contribution is -2.21. The third kappa shape index (κ3) is 4.63. The molecule has 0 heterocycles. The summed E-state index contributed by atoms with van der Waals surface area (Å²) in [6.07, 6.45) is 1.00. The molecule has 2 aromatic rings. The first kappa shape index (κ1) is 17.6. The lowest BCUT2D eigenvalue weighted by Gasteiger charge is -2.16. The number of carbonyl (C=O) groups excluding carboxylic acids is 1. The summed E-state index contributed by atoms with van der Waals surface area (Å²) in [5, 5.41) is 3.47. The molecular weight excluding hydrogens is 333 g/mol. The Bertz CT molecular complexity index is 668. The average Bonchev–Trinajstić information content (AvgIpc) is 2.56. The van der Waals surface area contributed by atoms with Crippen LogP contribution in [0.1, 0.15) is 31.7 Å². The van der Waals surface area contributed by atoms with Gasteiger partial charge in [-0.3, -0.25) is 4.79 Å². The monoisotopic (exact) mass is 351 g/mol. The van der Waals surface area contributed by atoms with E-state index in [0.29, 0.717) is 21.7 Å². The van der Waals surface area contributed by atoms with Crippen LogP contribution in [0.2, 0.25) is 10.0 Å². The number of hydrogen-bond donors (Lipinski definition) is 1. The number of benzene rings is 2. The van der Waals surface area contributed by atoms with Gasteiger partial charge in [0.2, 0.25) is 0 Å². The molecule has 0 aliphatic heterocycles. The van der Waals surface area contributed by atoms with Crippen LogP contribution in [0, 0.1) is 0 Å². The van der Waals surface area contributed by atoms with Crippen molar-refractivity contribution in [3.05, 3.63) is 58.1 Å². The Morgan fingerprint density at radius 1 is 1.13 bits per heavy atom. The maximum atomic E-state index is 12.1. The van der Waals surface area contributed by atoms with E-state index < -0.39 is 0 Å². The summed E-state index contributed by atoms with van der Waals surface area (Å²) in [5.74, 6) is 0.786. The maximum Gasteiger partial charge on any atom is 0.262 e. The van der Waals surface area contributed by atoms with Gasteiger partial charge in [0, 0.05) is 0 Å². The standard InChI is InChI=1S/C18H19Cl2NO2/c1-3-12(2)13-7-4-5-10-16(13)23-11-17(22)21-18-14(19)8-6-9-15(18)20/h4-10,12H,3,11H2,1-2H3,(H,21,22). The van der Waals surface area contributed by atoms with E-state index in [1.54, 1.807) is 18.2 Å². The van der Waals surface area contributed by atoms with E-state index in [1.165, 1.54) is 0 Å². The summed E-state index contributed by atoms with van der Waals surface area (Å²) in [6, 6.07) is 12.8. The highest BCUT2D eigenvalue weighted by Gasteiger charge is 2.13. The predicted molar refractivity (Wildman–Crippen MR) is 95.7 cm³/mol. The van der Waals surface area contributed by atoms with Crippen molar-refractivity contribution in [1.82, 2.24) is 0 Å². The zero-order valence-corrected chi connectivity index (χ0v) is 14.6. The van der Waals surface area contributed by atoms with Gasteiger partial charge in [-0.1, -0.05) is 61.3 Å². The molecule has 1 N–H and O–H groups in total. The van der Waals surface area contributed by atoms with Gasteiger partial charge in [0.15, 0.2) is 6.61 Å². The molecule has 2 rings (SSSR count). The quantitative estimate of drug-likeness (QED) is 0.743. The Balaban J connectivity index is 2.03. The maximum absolute atomic E-state index is 12.1. The molecule has 1 atom stereocenters. The molecule has 5 heteroatoms. The molecule has 0 aromatic heterocycles. The molecule has 1 unspecified atom stereocenters. The molecule has 0 bridgehead atoms. The van der Waals surface area contributed by atoms with Crippen LogP contribution in [0.3, 0.4) is 0 Å². The van der Waals surface area contributed by atoms with Gasteiger partial charge in [0.25, 0.3) is 5.91 Å². The molecule has 122 valence electrons. The third-order valence-electron chi connectivity index (χ3n) is 3.65. The number of hydrogen-bond acceptors (Lipinski definition) is 2. The topological polar surface area (TPSA) is 38.3 Å². The van der Waals surface area contributed by atoms with Crippen LogP contribution >= 0.6 is 23.2 Å². The number of rotatable bonds is 6. The van der Waals surface area contributed by atoms with Gasteiger partial charge < -0.3 is 10.1 Å². The first-order valence-corrected chi connectivity index (χ1v) is 8.24. The summed E-state index contributed by atoms with van der Waals surface area (Å²) in [6.45, 7) is 4.15. The van der Waals surface area contributed by atoms with Crippen LogP contribution in [0.4, 0.5) is 5.69 Å². The molecular formula is C18H19Cl2NO2. The van der Waals surface area contributed by atoms with Crippen molar-refractivity contribution in [3.63, 3.8) is 0 Å². The lowest BCUT2D eigenvalue weighted by molar-refractivity contribution is -0.118. The van der Waals surface area contributed by atoms with Gasteiger partial charge in [-0.05, 0) is 36.1 Å². The van der Waals surface area contributed by atoms with Crippen molar-refractivity contribution < 1.29 is 9.53 Å². The van der Waals surface area contributed by atoms with E-state index in [4.69, 9.17) is 27.9 Å². The molecule has 0 fully saturated rings. The molecule has 1 amide bonds. The fraction of sp³-hybridized carbons (Fsp3) is 0.278. The highest BCUT2D eigenvalue weighted by Crippen LogP contribution is 2.30. The Kier molecular flexibility index (Phi) is 6.31. The number of amides is 1. The number of para-hydroxylation sites is 2. The molecule has 0 radical (unpaired) electrons. The second-order valence-corrected chi connectivity index (χ2v) is 6.10. The van der Waals surface area contributed by atoms with Crippen LogP contribution in [-0.4, -0.2) is 12.5 Å². The Hall–Kier alpha value is -1.71. The first-order chi connectivity index (χ1) is 11.0. The van der Waals surface area contributed by atoms with Crippen LogP contribution < -0.4 is 10.1 Å². The van der Waals surface area contributed by atoms with E-state index in [1.807, 2.05) is 24.3 Å². The average molecular weight is 352 g/mol. The molecule has 2 aromatic carbocycles. The third-order valence-corrected chi connectivity index (χ3v) is 4.28. The molecule has 0 aliphatic rings. The smallest absolute Gasteiger partial charge is 0.262 e. The zero-order chi connectivity index (χ0) is 16.8. The molecule has 0 spiro atoms. The summed E-state index contributed by atoms with van der Waals surface area (Å²) in [4.78, 5) is 12.1. The number of carbonyl (C=O) groups is 1. The summed E-state index contributed by atoms with van der Waals surface area (Å²) >= 11 is 12.1. The first-order valence-electron chi connectivity index (χ1n) is 7.48. The summed E-state index contributed by atoms with van der Waals surface area (Å²) in [5.41, 5.74) is 1.50. The van der Waals surface area contributed by atoms with Crippen molar-refractivity contribution in [2.24, 2.45) is 0 Å². The number of halogens is 2. The van der Waals surface area contributed by atoms with E-state index in [-0.39, 0.29) is 12.5 Å². The van der Waals surface area contributed by atoms with Gasteiger partial charge in [-0.2, -0.15) is 0 Å². The summed E-state index contributed by atoms with van der Waals surface area (Å²) in [7, 11) is 0. The van der Waals surface area contributed by atoms with Crippen LogP contribution in [0.15, 0.2) is 42.5 Å². The van der Waals surface area contributed by atoms with E-state index in [2.05, 4.69) is 19.2 Å². The normalized spacial score (nSPS) is 11.8. The molecule has 3 nitrogen and oxygen atoms in total.